The second kappa shape index (κ2) is 3.74. The zero-order valence-electron chi connectivity index (χ0n) is 8.98. The van der Waals surface area contributed by atoms with Gasteiger partial charge < -0.3 is 4.90 Å². The molecule has 1 heterocycles. The van der Waals surface area contributed by atoms with Gasteiger partial charge in [0.1, 0.15) is 6.33 Å². The largest absolute Gasteiger partial charge is 0.312 e. The average molecular weight is 193 g/mol. The third-order valence-electron chi connectivity index (χ3n) is 1.88. The topological polar surface area (TPSA) is 46.1 Å². The Labute approximate surface area is 84.0 Å². The fourth-order valence-electron chi connectivity index (χ4n) is 1.08. The van der Waals surface area contributed by atoms with E-state index in [0.717, 1.165) is 0 Å². The number of carbonyl (C=O) groups excluding carboxylic acids is 1. The number of nitrogens with zero attached hydrogens (tertiary/aromatic N) is 3. The van der Waals surface area contributed by atoms with Crippen molar-refractivity contribution in [3.8, 4) is 0 Å². The minimum atomic E-state index is -0.384. The van der Waals surface area contributed by atoms with Crippen LogP contribution in [-0.4, -0.2) is 22.9 Å². The van der Waals surface area contributed by atoms with E-state index < -0.39 is 0 Å². The van der Waals surface area contributed by atoms with Crippen LogP contribution in [0.25, 0.3) is 0 Å². The lowest BCUT2D eigenvalue weighted by molar-refractivity contribution is -0.125. The molecule has 0 spiro atoms. The number of aromatic nitrogens is 2. The molecule has 0 unspecified atom stereocenters. The molecule has 1 aromatic rings. The summed E-state index contributed by atoms with van der Waals surface area (Å²) in [4.78, 5) is 21.1. The van der Waals surface area contributed by atoms with Crippen molar-refractivity contribution >= 4 is 11.6 Å². The molecule has 76 valence electrons. The monoisotopic (exact) mass is 193 g/mol. The van der Waals surface area contributed by atoms with E-state index in [0.29, 0.717) is 5.69 Å². The minimum absolute atomic E-state index is 0.0484. The Morgan fingerprint density at radius 2 is 1.79 bits per heavy atom. The summed E-state index contributed by atoms with van der Waals surface area (Å²) in [7, 11) is 1.73. The van der Waals surface area contributed by atoms with Crippen molar-refractivity contribution in [3.05, 3.63) is 18.7 Å². The summed E-state index contributed by atoms with van der Waals surface area (Å²) in [5, 5.41) is 0. The van der Waals surface area contributed by atoms with Gasteiger partial charge in [0.05, 0.1) is 18.1 Å². The third kappa shape index (κ3) is 2.28. The molecule has 0 aliphatic heterocycles. The van der Waals surface area contributed by atoms with Crippen LogP contribution in [0.15, 0.2) is 18.7 Å². The SMILES string of the molecule is CN(C(=O)C(C)(C)C)c1cncnc1. The molecule has 0 saturated carbocycles. The second-order valence-electron chi connectivity index (χ2n) is 4.21. The van der Waals surface area contributed by atoms with Crippen LogP contribution in [0.5, 0.6) is 0 Å². The highest BCUT2D eigenvalue weighted by Crippen LogP contribution is 2.20. The van der Waals surface area contributed by atoms with Gasteiger partial charge in [0.25, 0.3) is 0 Å². The maximum absolute atomic E-state index is 11.8. The first-order chi connectivity index (χ1) is 6.43. The van der Waals surface area contributed by atoms with Crippen molar-refractivity contribution in [2.45, 2.75) is 20.8 Å². The molecular weight excluding hydrogens is 178 g/mol. The first-order valence-electron chi connectivity index (χ1n) is 4.46. The van der Waals surface area contributed by atoms with E-state index in [-0.39, 0.29) is 11.3 Å². The number of hydrogen-bond donors (Lipinski definition) is 0. The van der Waals surface area contributed by atoms with Crippen molar-refractivity contribution < 1.29 is 4.79 Å². The predicted molar refractivity (Wildman–Crippen MR) is 54.9 cm³/mol. The van der Waals surface area contributed by atoms with E-state index in [2.05, 4.69) is 9.97 Å². The number of hydrogen-bond acceptors (Lipinski definition) is 3. The van der Waals surface area contributed by atoms with Crippen LogP contribution in [0.1, 0.15) is 20.8 Å². The first kappa shape index (κ1) is 10.6. The Morgan fingerprint density at radius 3 is 2.21 bits per heavy atom. The molecule has 0 aliphatic rings. The highest BCUT2D eigenvalue weighted by atomic mass is 16.2. The van der Waals surface area contributed by atoms with Gasteiger partial charge in [-0.3, -0.25) is 4.79 Å². The molecule has 0 saturated heterocycles. The van der Waals surface area contributed by atoms with Gasteiger partial charge in [-0.1, -0.05) is 20.8 Å². The molecule has 1 amide bonds. The van der Waals surface area contributed by atoms with Gasteiger partial charge in [-0.05, 0) is 0 Å². The smallest absolute Gasteiger partial charge is 0.232 e. The summed E-state index contributed by atoms with van der Waals surface area (Å²) >= 11 is 0. The predicted octanol–water partition coefficient (Wildman–Crippen LogP) is 1.49. The fourth-order valence-corrected chi connectivity index (χ4v) is 1.08. The molecule has 0 atom stereocenters. The lowest BCUT2D eigenvalue weighted by Crippen LogP contribution is -2.36. The number of rotatable bonds is 1. The van der Waals surface area contributed by atoms with Crippen LogP contribution >= 0.6 is 0 Å². The average Bonchev–Trinajstić information content (AvgIpc) is 2.15. The van der Waals surface area contributed by atoms with Crippen molar-refractivity contribution in [3.63, 3.8) is 0 Å². The Kier molecular flexibility index (Phi) is 2.84. The van der Waals surface area contributed by atoms with Gasteiger partial charge in [0.2, 0.25) is 5.91 Å². The summed E-state index contributed by atoms with van der Waals surface area (Å²) < 4.78 is 0. The number of carbonyl (C=O) groups is 1. The lowest BCUT2D eigenvalue weighted by Gasteiger charge is -2.25. The first-order valence-corrected chi connectivity index (χ1v) is 4.46. The van der Waals surface area contributed by atoms with Crippen molar-refractivity contribution in [1.82, 2.24) is 9.97 Å². The molecule has 0 radical (unpaired) electrons. The third-order valence-corrected chi connectivity index (χ3v) is 1.88. The Hall–Kier alpha value is -1.45. The van der Waals surface area contributed by atoms with Crippen molar-refractivity contribution in [1.29, 1.82) is 0 Å². The molecule has 1 rings (SSSR count). The summed E-state index contributed by atoms with van der Waals surface area (Å²) in [6.07, 6.45) is 4.69. The molecule has 0 fully saturated rings. The summed E-state index contributed by atoms with van der Waals surface area (Å²) in [5.74, 6) is 0.0484. The molecule has 0 bridgehead atoms. The number of anilines is 1. The number of amides is 1. The minimum Gasteiger partial charge on any atom is -0.312 e. The molecular formula is C10H15N3O. The molecule has 4 nitrogen and oxygen atoms in total. The van der Waals surface area contributed by atoms with Crippen LogP contribution in [0.4, 0.5) is 5.69 Å². The second-order valence-corrected chi connectivity index (χ2v) is 4.21. The zero-order valence-corrected chi connectivity index (χ0v) is 8.98. The van der Waals surface area contributed by atoms with Crippen LogP contribution < -0.4 is 4.90 Å². The van der Waals surface area contributed by atoms with Crippen LogP contribution in [0.2, 0.25) is 0 Å². The van der Waals surface area contributed by atoms with Crippen molar-refractivity contribution in [2.75, 3.05) is 11.9 Å². The van der Waals surface area contributed by atoms with Crippen LogP contribution in [0, 0.1) is 5.41 Å². The normalized spacial score (nSPS) is 11.1. The molecule has 0 N–H and O–H groups in total. The zero-order chi connectivity index (χ0) is 10.8. The van der Waals surface area contributed by atoms with E-state index in [9.17, 15) is 4.79 Å². The van der Waals surface area contributed by atoms with Crippen LogP contribution in [0.3, 0.4) is 0 Å². The Bertz CT molecular complexity index is 316. The molecule has 4 heteroatoms. The summed E-state index contributed by atoms with van der Waals surface area (Å²) in [6.45, 7) is 5.65. The highest BCUT2D eigenvalue weighted by Gasteiger charge is 2.25. The van der Waals surface area contributed by atoms with Crippen molar-refractivity contribution in [2.24, 2.45) is 5.41 Å². The molecule has 1 aromatic heterocycles. The van der Waals surface area contributed by atoms with E-state index in [1.165, 1.54) is 6.33 Å². The van der Waals surface area contributed by atoms with Gasteiger partial charge in [0.15, 0.2) is 0 Å². The van der Waals surface area contributed by atoms with Gasteiger partial charge in [-0.2, -0.15) is 0 Å². The van der Waals surface area contributed by atoms with Crippen LogP contribution in [-0.2, 0) is 4.79 Å². The van der Waals surface area contributed by atoms with Gasteiger partial charge in [-0.25, -0.2) is 9.97 Å². The standard InChI is InChI=1S/C10H15N3O/c1-10(2,3)9(14)13(4)8-5-11-7-12-6-8/h5-7H,1-4H3. The maximum Gasteiger partial charge on any atom is 0.232 e. The van der Waals surface area contributed by atoms with Gasteiger partial charge >= 0.3 is 0 Å². The molecule has 0 aromatic carbocycles. The lowest BCUT2D eigenvalue weighted by atomic mass is 9.95. The van der Waals surface area contributed by atoms with E-state index >= 15 is 0 Å². The molecule has 14 heavy (non-hydrogen) atoms. The maximum atomic E-state index is 11.8. The van der Waals surface area contributed by atoms with Gasteiger partial charge in [-0.15, -0.1) is 0 Å². The molecule has 0 aliphatic carbocycles. The Balaban J connectivity index is 2.87. The quantitative estimate of drug-likeness (QED) is 0.678. The fraction of sp³-hybridized carbons (Fsp3) is 0.500. The van der Waals surface area contributed by atoms with Gasteiger partial charge in [0, 0.05) is 12.5 Å². The van der Waals surface area contributed by atoms with E-state index in [1.807, 2.05) is 20.8 Å². The van der Waals surface area contributed by atoms with E-state index in [4.69, 9.17) is 0 Å². The summed E-state index contributed by atoms with van der Waals surface area (Å²) in [5.41, 5.74) is 0.331. The summed E-state index contributed by atoms with van der Waals surface area (Å²) in [6, 6.07) is 0. The Morgan fingerprint density at radius 1 is 1.29 bits per heavy atom. The van der Waals surface area contributed by atoms with E-state index in [1.54, 1.807) is 24.3 Å². The highest BCUT2D eigenvalue weighted by molar-refractivity contribution is 5.96.